The Labute approximate surface area is 139 Å². The fourth-order valence-electron chi connectivity index (χ4n) is 2.06. The molecule has 1 heterocycles. The van der Waals surface area contributed by atoms with Crippen molar-refractivity contribution < 1.29 is 9.53 Å². The van der Waals surface area contributed by atoms with Gasteiger partial charge in [0.1, 0.15) is 11.6 Å². The summed E-state index contributed by atoms with van der Waals surface area (Å²) in [4.78, 5) is 12.1. The van der Waals surface area contributed by atoms with Crippen molar-refractivity contribution in [2.45, 2.75) is 25.0 Å². The Bertz CT molecular complexity index is 684. The lowest BCUT2D eigenvalue weighted by Gasteiger charge is -2.10. The van der Waals surface area contributed by atoms with Gasteiger partial charge in [-0.05, 0) is 12.1 Å². The predicted molar refractivity (Wildman–Crippen MR) is 91.9 cm³/mol. The molecule has 0 radical (unpaired) electrons. The lowest BCUT2D eigenvalue weighted by Crippen LogP contribution is -2.15. The number of amides is 1. The number of ether oxygens (including phenoxy) is 1. The number of nitrogens with zero attached hydrogens (tertiary/aromatic N) is 3. The second-order valence-corrected chi connectivity index (χ2v) is 5.63. The molecule has 0 aliphatic rings. The number of allylic oxidation sites excluding steroid dienone is 1. The van der Waals surface area contributed by atoms with Crippen molar-refractivity contribution >= 4 is 23.4 Å². The third-order valence-corrected chi connectivity index (χ3v) is 4.10. The summed E-state index contributed by atoms with van der Waals surface area (Å²) in [5, 5.41) is 11.8. The maximum atomic E-state index is 12.1. The number of para-hydroxylation sites is 2. The van der Waals surface area contributed by atoms with Crippen LogP contribution in [0, 0.1) is 0 Å². The SMILES string of the molecule is C=CCn1c(CC)nnc1SCC(=O)Nc1ccccc1OC. The van der Waals surface area contributed by atoms with Crippen molar-refractivity contribution in [2.75, 3.05) is 18.2 Å². The van der Waals surface area contributed by atoms with Crippen LogP contribution in [0.5, 0.6) is 5.75 Å². The van der Waals surface area contributed by atoms with Crippen molar-refractivity contribution in [1.29, 1.82) is 0 Å². The number of methoxy groups -OCH3 is 1. The molecule has 0 spiro atoms. The lowest BCUT2D eigenvalue weighted by atomic mass is 10.3. The largest absolute Gasteiger partial charge is 0.495 e. The molecular formula is C16H20N4O2S. The van der Waals surface area contributed by atoms with E-state index in [1.165, 1.54) is 11.8 Å². The monoisotopic (exact) mass is 332 g/mol. The highest BCUT2D eigenvalue weighted by atomic mass is 32.2. The molecule has 1 amide bonds. The molecule has 6 nitrogen and oxygen atoms in total. The second-order valence-electron chi connectivity index (χ2n) is 4.69. The summed E-state index contributed by atoms with van der Waals surface area (Å²) in [5.41, 5.74) is 0.655. The first-order valence-electron chi connectivity index (χ1n) is 7.28. The van der Waals surface area contributed by atoms with Gasteiger partial charge in [0.25, 0.3) is 0 Å². The van der Waals surface area contributed by atoms with Crippen LogP contribution in [0.3, 0.4) is 0 Å². The van der Waals surface area contributed by atoms with Gasteiger partial charge >= 0.3 is 0 Å². The van der Waals surface area contributed by atoms with Gasteiger partial charge in [0, 0.05) is 13.0 Å². The van der Waals surface area contributed by atoms with E-state index in [-0.39, 0.29) is 11.7 Å². The Morgan fingerprint density at radius 3 is 2.91 bits per heavy atom. The number of aromatic nitrogens is 3. The minimum Gasteiger partial charge on any atom is -0.495 e. The molecule has 0 fully saturated rings. The Morgan fingerprint density at radius 1 is 1.43 bits per heavy atom. The van der Waals surface area contributed by atoms with E-state index >= 15 is 0 Å². The fraction of sp³-hybridized carbons (Fsp3) is 0.312. The lowest BCUT2D eigenvalue weighted by molar-refractivity contribution is -0.113. The van der Waals surface area contributed by atoms with Gasteiger partial charge in [0.15, 0.2) is 5.16 Å². The number of hydrogen-bond donors (Lipinski definition) is 1. The first kappa shape index (κ1) is 17.1. The second kappa shape index (κ2) is 8.38. The quantitative estimate of drug-likeness (QED) is 0.594. The molecule has 23 heavy (non-hydrogen) atoms. The molecule has 0 saturated heterocycles. The van der Waals surface area contributed by atoms with Crippen LogP contribution in [0.2, 0.25) is 0 Å². The number of benzene rings is 1. The molecular weight excluding hydrogens is 312 g/mol. The Morgan fingerprint density at radius 2 is 2.22 bits per heavy atom. The summed E-state index contributed by atoms with van der Waals surface area (Å²) in [6.45, 7) is 6.40. The number of rotatable bonds is 8. The van der Waals surface area contributed by atoms with Crippen LogP contribution < -0.4 is 10.1 Å². The first-order valence-corrected chi connectivity index (χ1v) is 8.26. The van der Waals surface area contributed by atoms with Crippen LogP contribution in [-0.4, -0.2) is 33.5 Å². The Hall–Kier alpha value is -2.28. The van der Waals surface area contributed by atoms with Crippen molar-refractivity contribution in [1.82, 2.24) is 14.8 Å². The van der Waals surface area contributed by atoms with Crippen LogP contribution in [-0.2, 0) is 17.8 Å². The summed E-state index contributed by atoms with van der Waals surface area (Å²) in [7, 11) is 1.57. The number of thioether (sulfide) groups is 1. The van der Waals surface area contributed by atoms with Crippen LogP contribution in [0.4, 0.5) is 5.69 Å². The molecule has 0 saturated carbocycles. The minimum atomic E-state index is -0.120. The Balaban J connectivity index is 1.99. The smallest absolute Gasteiger partial charge is 0.234 e. The van der Waals surface area contributed by atoms with E-state index in [9.17, 15) is 4.79 Å². The Kier molecular flexibility index (Phi) is 6.22. The molecule has 1 aromatic carbocycles. The van der Waals surface area contributed by atoms with Gasteiger partial charge in [-0.1, -0.05) is 36.9 Å². The number of nitrogens with one attached hydrogen (secondary N) is 1. The highest BCUT2D eigenvalue weighted by molar-refractivity contribution is 7.99. The average molecular weight is 332 g/mol. The van der Waals surface area contributed by atoms with E-state index in [1.807, 2.05) is 23.6 Å². The molecule has 0 aliphatic heterocycles. The minimum absolute atomic E-state index is 0.120. The van der Waals surface area contributed by atoms with E-state index in [0.717, 1.165) is 17.4 Å². The normalized spacial score (nSPS) is 10.3. The van der Waals surface area contributed by atoms with Gasteiger partial charge in [-0.3, -0.25) is 4.79 Å². The van der Waals surface area contributed by atoms with Gasteiger partial charge in [-0.15, -0.1) is 16.8 Å². The van der Waals surface area contributed by atoms with Gasteiger partial charge in [-0.2, -0.15) is 0 Å². The number of anilines is 1. The van der Waals surface area contributed by atoms with E-state index in [0.29, 0.717) is 18.0 Å². The molecule has 1 aromatic heterocycles. The van der Waals surface area contributed by atoms with Gasteiger partial charge in [0.2, 0.25) is 5.91 Å². The number of hydrogen-bond acceptors (Lipinski definition) is 5. The van der Waals surface area contributed by atoms with Crippen molar-refractivity contribution in [3.63, 3.8) is 0 Å². The van der Waals surface area contributed by atoms with E-state index in [1.54, 1.807) is 25.3 Å². The predicted octanol–water partition coefficient (Wildman–Crippen LogP) is 2.77. The van der Waals surface area contributed by atoms with Crippen LogP contribution in [0.25, 0.3) is 0 Å². The van der Waals surface area contributed by atoms with Crippen LogP contribution in [0.15, 0.2) is 42.1 Å². The van der Waals surface area contributed by atoms with E-state index in [4.69, 9.17) is 4.74 Å². The zero-order valence-corrected chi connectivity index (χ0v) is 14.1. The highest BCUT2D eigenvalue weighted by Gasteiger charge is 2.13. The van der Waals surface area contributed by atoms with Crippen LogP contribution >= 0.6 is 11.8 Å². The molecule has 0 unspecified atom stereocenters. The number of carbonyl (C=O) groups excluding carboxylic acids is 1. The highest BCUT2D eigenvalue weighted by Crippen LogP contribution is 2.24. The summed E-state index contributed by atoms with van der Waals surface area (Å²) >= 11 is 1.35. The zero-order chi connectivity index (χ0) is 16.7. The molecule has 2 rings (SSSR count). The number of aryl methyl sites for hydroxylation is 1. The van der Waals surface area contributed by atoms with Gasteiger partial charge in [-0.25, -0.2) is 0 Å². The van der Waals surface area contributed by atoms with Gasteiger partial charge < -0.3 is 14.6 Å². The summed E-state index contributed by atoms with van der Waals surface area (Å²) in [5.74, 6) is 1.65. The maximum Gasteiger partial charge on any atom is 0.234 e. The van der Waals surface area contributed by atoms with Crippen molar-refractivity contribution in [2.24, 2.45) is 0 Å². The molecule has 1 N–H and O–H groups in total. The molecule has 0 aliphatic carbocycles. The molecule has 2 aromatic rings. The van der Waals surface area contributed by atoms with E-state index < -0.39 is 0 Å². The van der Waals surface area contributed by atoms with Crippen molar-refractivity contribution in [3.8, 4) is 5.75 Å². The van der Waals surface area contributed by atoms with E-state index in [2.05, 4.69) is 22.1 Å². The first-order chi connectivity index (χ1) is 11.2. The maximum absolute atomic E-state index is 12.1. The fourth-order valence-corrected chi connectivity index (χ4v) is 2.83. The summed E-state index contributed by atoms with van der Waals surface area (Å²) < 4.78 is 7.19. The summed E-state index contributed by atoms with van der Waals surface area (Å²) in [6, 6.07) is 7.31. The topological polar surface area (TPSA) is 69.0 Å². The molecule has 0 bridgehead atoms. The molecule has 122 valence electrons. The standard InChI is InChI=1S/C16H20N4O2S/c1-4-10-20-14(5-2)18-19-16(20)23-11-15(21)17-12-8-6-7-9-13(12)22-3/h4,6-9H,1,5,10-11H2,2-3H3,(H,17,21). The average Bonchev–Trinajstić information content (AvgIpc) is 2.96. The van der Waals surface area contributed by atoms with Crippen LogP contribution in [0.1, 0.15) is 12.7 Å². The van der Waals surface area contributed by atoms with Gasteiger partial charge in [0.05, 0.1) is 18.6 Å². The number of carbonyl (C=O) groups is 1. The third kappa shape index (κ3) is 4.35. The summed E-state index contributed by atoms with van der Waals surface area (Å²) in [6.07, 6.45) is 2.58. The molecule has 0 atom stereocenters. The third-order valence-electron chi connectivity index (χ3n) is 3.13. The van der Waals surface area contributed by atoms with Crippen molar-refractivity contribution in [3.05, 3.63) is 42.7 Å². The zero-order valence-electron chi connectivity index (χ0n) is 13.3. The molecule has 7 heteroatoms.